The Labute approximate surface area is 123 Å². The number of aromatic nitrogens is 1. The number of carbonyl (C=O) groups is 1. The molecule has 1 saturated carbocycles. The van der Waals surface area contributed by atoms with Crippen molar-refractivity contribution in [2.45, 2.75) is 32.4 Å². The van der Waals surface area contributed by atoms with Gasteiger partial charge in [-0.2, -0.15) is 0 Å². The van der Waals surface area contributed by atoms with Gasteiger partial charge in [0.05, 0.1) is 6.54 Å². The molecule has 0 saturated heterocycles. The van der Waals surface area contributed by atoms with E-state index in [1.807, 2.05) is 18.2 Å². The largest absolute Gasteiger partial charge is 0.360 e. The van der Waals surface area contributed by atoms with Crippen molar-refractivity contribution in [1.29, 1.82) is 0 Å². The van der Waals surface area contributed by atoms with Gasteiger partial charge < -0.3 is 9.84 Å². The zero-order valence-electron chi connectivity index (χ0n) is 12.1. The Bertz CT molecular complexity index is 605. The van der Waals surface area contributed by atoms with Crippen molar-refractivity contribution in [3.8, 4) is 0 Å². The van der Waals surface area contributed by atoms with E-state index in [9.17, 15) is 4.79 Å². The highest BCUT2D eigenvalue weighted by Gasteiger charge is 2.30. The highest BCUT2D eigenvalue weighted by molar-refractivity contribution is 5.91. The van der Waals surface area contributed by atoms with Crippen LogP contribution in [0.5, 0.6) is 0 Å². The molecule has 5 nitrogen and oxygen atoms in total. The highest BCUT2D eigenvalue weighted by atomic mass is 16.5. The van der Waals surface area contributed by atoms with Crippen molar-refractivity contribution in [1.82, 2.24) is 10.1 Å². The van der Waals surface area contributed by atoms with Crippen LogP contribution in [0.3, 0.4) is 0 Å². The van der Waals surface area contributed by atoms with Gasteiger partial charge in [0.25, 0.3) is 0 Å². The maximum atomic E-state index is 12.1. The van der Waals surface area contributed by atoms with Crippen LogP contribution >= 0.6 is 0 Å². The number of hydrogen-bond acceptors (Lipinski definition) is 4. The number of amides is 1. The Morgan fingerprint density at radius 2 is 2.14 bits per heavy atom. The molecule has 21 heavy (non-hydrogen) atoms. The summed E-state index contributed by atoms with van der Waals surface area (Å²) >= 11 is 0. The lowest BCUT2D eigenvalue weighted by Gasteiger charge is -2.21. The first kappa shape index (κ1) is 13.8. The number of carbonyl (C=O) groups excluding carboxylic acids is 1. The van der Waals surface area contributed by atoms with Gasteiger partial charge in [-0.05, 0) is 25.3 Å². The lowest BCUT2D eigenvalue weighted by Crippen LogP contribution is -2.34. The number of anilines is 1. The molecule has 110 valence electrons. The molecule has 1 heterocycles. The van der Waals surface area contributed by atoms with E-state index in [4.69, 9.17) is 4.52 Å². The zero-order valence-corrected chi connectivity index (χ0v) is 12.1. The molecule has 1 aromatic carbocycles. The summed E-state index contributed by atoms with van der Waals surface area (Å²) in [6.45, 7) is 2.98. The van der Waals surface area contributed by atoms with Crippen molar-refractivity contribution >= 4 is 11.7 Å². The Balaban J connectivity index is 1.58. The zero-order chi connectivity index (χ0) is 14.7. The summed E-state index contributed by atoms with van der Waals surface area (Å²) in [5.74, 6) is 1.12. The van der Waals surface area contributed by atoms with Crippen LogP contribution in [0, 0.1) is 6.92 Å². The van der Waals surface area contributed by atoms with Crippen LogP contribution in [0.1, 0.15) is 24.2 Å². The molecule has 1 aliphatic rings. The Kier molecular flexibility index (Phi) is 4.01. The van der Waals surface area contributed by atoms with Gasteiger partial charge in [-0.15, -0.1) is 0 Å². The lowest BCUT2D eigenvalue weighted by atomic mass is 10.2. The van der Waals surface area contributed by atoms with Crippen LogP contribution in [0.4, 0.5) is 5.82 Å². The average molecular weight is 285 g/mol. The van der Waals surface area contributed by atoms with Gasteiger partial charge in [-0.3, -0.25) is 9.69 Å². The predicted octanol–water partition coefficient (Wildman–Crippen LogP) is 2.59. The number of benzene rings is 1. The van der Waals surface area contributed by atoms with Gasteiger partial charge in [0.2, 0.25) is 5.91 Å². The van der Waals surface area contributed by atoms with Gasteiger partial charge in [0.15, 0.2) is 5.82 Å². The van der Waals surface area contributed by atoms with E-state index in [0.717, 1.165) is 6.54 Å². The maximum Gasteiger partial charge on any atom is 0.239 e. The average Bonchev–Trinajstić information content (AvgIpc) is 3.23. The van der Waals surface area contributed by atoms with E-state index in [-0.39, 0.29) is 5.91 Å². The first-order chi connectivity index (χ1) is 10.2. The molecule has 1 N–H and O–H groups in total. The van der Waals surface area contributed by atoms with Crippen LogP contribution in [-0.4, -0.2) is 28.6 Å². The normalized spacial score (nSPS) is 14.4. The second kappa shape index (κ2) is 6.10. The Hall–Kier alpha value is -2.14. The second-order valence-corrected chi connectivity index (χ2v) is 5.49. The van der Waals surface area contributed by atoms with Gasteiger partial charge in [-0.1, -0.05) is 35.5 Å². The van der Waals surface area contributed by atoms with Crippen LogP contribution in [-0.2, 0) is 11.3 Å². The monoisotopic (exact) mass is 285 g/mol. The molecule has 0 radical (unpaired) electrons. The van der Waals surface area contributed by atoms with E-state index < -0.39 is 0 Å². The molecule has 0 spiro atoms. The Morgan fingerprint density at radius 1 is 1.38 bits per heavy atom. The summed E-state index contributed by atoms with van der Waals surface area (Å²) in [6, 6.07) is 12.5. The van der Waals surface area contributed by atoms with E-state index in [1.54, 1.807) is 13.0 Å². The smallest absolute Gasteiger partial charge is 0.239 e. The van der Waals surface area contributed by atoms with Crippen LogP contribution < -0.4 is 5.32 Å². The molecule has 1 aliphatic carbocycles. The molecule has 0 atom stereocenters. The third-order valence-corrected chi connectivity index (χ3v) is 3.53. The van der Waals surface area contributed by atoms with Crippen molar-refractivity contribution in [3.05, 3.63) is 47.7 Å². The molecule has 1 aromatic heterocycles. The van der Waals surface area contributed by atoms with Crippen LogP contribution in [0.2, 0.25) is 0 Å². The molecule has 1 fully saturated rings. The lowest BCUT2D eigenvalue weighted by molar-refractivity contribution is -0.117. The molecule has 0 aliphatic heterocycles. The number of rotatable bonds is 6. The molecular formula is C16H19N3O2. The van der Waals surface area contributed by atoms with Crippen molar-refractivity contribution in [2.75, 3.05) is 11.9 Å². The minimum Gasteiger partial charge on any atom is -0.360 e. The predicted molar refractivity (Wildman–Crippen MR) is 79.7 cm³/mol. The van der Waals surface area contributed by atoms with Gasteiger partial charge in [0, 0.05) is 18.7 Å². The number of aryl methyl sites for hydroxylation is 1. The highest BCUT2D eigenvalue weighted by Crippen LogP contribution is 2.28. The van der Waals surface area contributed by atoms with E-state index in [1.165, 1.54) is 18.4 Å². The Morgan fingerprint density at radius 3 is 2.76 bits per heavy atom. The number of nitrogens with zero attached hydrogens (tertiary/aromatic N) is 2. The molecular weight excluding hydrogens is 266 g/mol. The summed E-state index contributed by atoms with van der Waals surface area (Å²) in [7, 11) is 0. The third kappa shape index (κ3) is 3.92. The standard InChI is InChI=1S/C16H19N3O2/c1-12-9-15(18-21-12)17-16(20)11-19(14-7-8-14)10-13-5-3-2-4-6-13/h2-6,9,14H,7-8,10-11H2,1H3,(H,17,18,20). The van der Waals surface area contributed by atoms with Crippen molar-refractivity contribution < 1.29 is 9.32 Å². The fraction of sp³-hybridized carbons (Fsp3) is 0.375. The van der Waals surface area contributed by atoms with Crippen molar-refractivity contribution in [2.24, 2.45) is 0 Å². The van der Waals surface area contributed by atoms with Crippen molar-refractivity contribution in [3.63, 3.8) is 0 Å². The van der Waals surface area contributed by atoms with Gasteiger partial charge in [-0.25, -0.2) is 0 Å². The minimum atomic E-state index is -0.0499. The molecule has 0 bridgehead atoms. The summed E-state index contributed by atoms with van der Waals surface area (Å²) < 4.78 is 4.95. The third-order valence-electron chi connectivity index (χ3n) is 3.53. The summed E-state index contributed by atoms with van der Waals surface area (Å²) in [4.78, 5) is 14.3. The van der Waals surface area contributed by atoms with E-state index in [0.29, 0.717) is 24.2 Å². The van der Waals surface area contributed by atoms with Crippen LogP contribution in [0.25, 0.3) is 0 Å². The van der Waals surface area contributed by atoms with Gasteiger partial charge >= 0.3 is 0 Å². The summed E-state index contributed by atoms with van der Waals surface area (Å²) in [6.07, 6.45) is 2.34. The number of nitrogens with one attached hydrogen (secondary N) is 1. The molecule has 2 aromatic rings. The SMILES string of the molecule is Cc1cc(NC(=O)CN(Cc2ccccc2)C2CC2)no1. The first-order valence-electron chi connectivity index (χ1n) is 7.22. The molecule has 3 rings (SSSR count). The van der Waals surface area contributed by atoms with Crippen LogP contribution in [0.15, 0.2) is 40.9 Å². The van der Waals surface area contributed by atoms with Gasteiger partial charge in [0.1, 0.15) is 5.76 Å². The number of hydrogen-bond donors (Lipinski definition) is 1. The minimum absolute atomic E-state index is 0.0499. The molecule has 0 unspecified atom stereocenters. The topological polar surface area (TPSA) is 58.4 Å². The maximum absolute atomic E-state index is 12.1. The fourth-order valence-electron chi connectivity index (χ4n) is 2.36. The quantitative estimate of drug-likeness (QED) is 0.886. The summed E-state index contributed by atoms with van der Waals surface area (Å²) in [5, 5.41) is 6.56. The molecule has 1 amide bonds. The second-order valence-electron chi connectivity index (χ2n) is 5.49. The fourth-order valence-corrected chi connectivity index (χ4v) is 2.36. The molecule has 5 heteroatoms. The summed E-state index contributed by atoms with van der Waals surface area (Å²) in [5.41, 5.74) is 1.23. The first-order valence-corrected chi connectivity index (χ1v) is 7.22. The van der Waals surface area contributed by atoms with E-state index >= 15 is 0 Å². The van der Waals surface area contributed by atoms with E-state index in [2.05, 4.69) is 27.5 Å².